The summed E-state index contributed by atoms with van der Waals surface area (Å²) in [7, 11) is -1.45. The minimum atomic E-state index is -1.45. The van der Waals surface area contributed by atoms with E-state index in [4.69, 9.17) is 0 Å². The molecule has 1 amide bonds. The fourth-order valence-electron chi connectivity index (χ4n) is 3.42. The number of thiophene rings is 1. The summed E-state index contributed by atoms with van der Waals surface area (Å²) in [6.07, 6.45) is 4.07. The van der Waals surface area contributed by atoms with Gasteiger partial charge in [0.15, 0.2) is 0 Å². The van der Waals surface area contributed by atoms with Gasteiger partial charge in [0, 0.05) is 23.0 Å². The maximum absolute atomic E-state index is 12.2. The molecule has 2 fully saturated rings. The lowest BCUT2D eigenvalue weighted by Gasteiger charge is -2.27. The monoisotopic (exact) mass is 291 g/mol. The molecule has 4 heteroatoms. The fraction of sp³-hybridized carbons (Fsp3) is 0.533. The molecular weight excluding hydrogens is 270 g/mol. The molecule has 1 unspecified atom stereocenters. The lowest BCUT2D eigenvalue weighted by molar-refractivity contribution is -0.126. The highest BCUT2D eigenvalue weighted by molar-refractivity contribution is 7.14. The third-order valence-corrected chi connectivity index (χ3v) is 7.26. The smallest absolute Gasteiger partial charge is 0.227 e. The minimum absolute atomic E-state index is 0.352. The van der Waals surface area contributed by atoms with Crippen LogP contribution in [0.15, 0.2) is 23.2 Å². The van der Waals surface area contributed by atoms with E-state index in [-0.39, 0.29) is 0 Å². The summed E-state index contributed by atoms with van der Waals surface area (Å²) in [5, 5.41) is 3.66. The van der Waals surface area contributed by atoms with Crippen LogP contribution in [0.1, 0.15) is 30.6 Å². The lowest BCUT2D eigenvalue weighted by Crippen LogP contribution is -2.31. The number of hydrogen-bond acceptors (Lipinski definition) is 2. The SMILES string of the molecule is C[Si](C)(C)/C(=C1\CCC2CCC(=O)N12)c1cccs1. The number of amides is 1. The summed E-state index contributed by atoms with van der Waals surface area (Å²) in [4.78, 5) is 15.7. The van der Waals surface area contributed by atoms with Gasteiger partial charge in [-0.2, -0.15) is 0 Å². The van der Waals surface area contributed by atoms with Crippen LogP contribution in [0, 0.1) is 0 Å². The van der Waals surface area contributed by atoms with Crippen LogP contribution in [0.4, 0.5) is 0 Å². The Hall–Kier alpha value is -0.873. The van der Waals surface area contributed by atoms with Crippen LogP contribution in [0.5, 0.6) is 0 Å². The molecule has 3 rings (SSSR count). The summed E-state index contributed by atoms with van der Waals surface area (Å²) >= 11 is 1.82. The molecule has 102 valence electrons. The lowest BCUT2D eigenvalue weighted by atomic mass is 10.1. The van der Waals surface area contributed by atoms with Crippen LogP contribution in [-0.4, -0.2) is 24.9 Å². The van der Waals surface area contributed by atoms with E-state index < -0.39 is 8.07 Å². The Bertz CT molecular complexity index is 527. The molecule has 0 spiro atoms. The molecule has 3 heterocycles. The van der Waals surface area contributed by atoms with E-state index in [9.17, 15) is 4.79 Å². The second-order valence-corrected chi connectivity index (χ2v) is 12.5. The fourth-order valence-corrected chi connectivity index (χ4v) is 7.15. The standard InChI is InChI=1S/C15H21NOSSi/c1-19(2,3)15(13-5-4-10-18-13)12-8-6-11-7-9-14(17)16(11)12/h4-5,10-11H,6-9H2,1-3H3/b15-12+. The van der Waals surface area contributed by atoms with Crippen molar-refractivity contribution in [1.82, 2.24) is 4.90 Å². The Balaban J connectivity index is 2.13. The normalized spacial score (nSPS) is 25.9. The first-order valence-corrected chi connectivity index (χ1v) is 11.5. The van der Waals surface area contributed by atoms with Crippen molar-refractivity contribution >= 4 is 30.5 Å². The topological polar surface area (TPSA) is 20.3 Å². The minimum Gasteiger partial charge on any atom is -0.313 e. The van der Waals surface area contributed by atoms with Gasteiger partial charge in [0.2, 0.25) is 5.91 Å². The van der Waals surface area contributed by atoms with E-state index in [0.29, 0.717) is 11.9 Å². The van der Waals surface area contributed by atoms with E-state index in [0.717, 1.165) is 19.3 Å². The molecule has 19 heavy (non-hydrogen) atoms. The molecule has 2 nitrogen and oxygen atoms in total. The summed E-state index contributed by atoms with van der Waals surface area (Å²) < 4.78 is 0. The molecule has 1 atom stereocenters. The van der Waals surface area contributed by atoms with E-state index in [1.807, 2.05) is 11.3 Å². The number of carbonyl (C=O) groups is 1. The molecule has 1 aromatic heterocycles. The molecule has 0 saturated carbocycles. The first kappa shape index (κ1) is 13.1. The van der Waals surface area contributed by atoms with Crippen molar-refractivity contribution in [2.75, 3.05) is 0 Å². The Morgan fingerprint density at radius 1 is 1.32 bits per heavy atom. The highest BCUT2D eigenvalue weighted by Crippen LogP contribution is 2.43. The van der Waals surface area contributed by atoms with Crippen LogP contribution < -0.4 is 0 Å². The van der Waals surface area contributed by atoms with Crippen molar-refractivity contribution in [3.63, 3.8) is 0 Å². The summed E-state index contributed by atoms with van der Waals surface area (Å²) in [5.41, 5.74) is 1.36. The van der Waals surface area contributed by atoms with Gasteiger partial charge in [-0.05, 0) is 35.9 Å². The van der Waals surface area contributed by atoms with Gasteiger partial charge in [-0.1, -0.05) is 25.7 Å². The zero-order valence-electron chi connectivity index (χ0n) is 11.9. The molecule has 0 bridgehead atoms. The van der Waals surface area contributed by atoms with Crippen LogP contribution in [0.25, 0.3) is 5.20 Å². The van der Waals surface area contributed by atoms with E-state index >= 15 is 0 Å². The number of allylic oxidation sites excluding steroid dienone is 1. The average molecular weight is 291 g/mol. The Morgan fingerprint density at radius 2 is 2.05 bits per heavy atom. The number of hydrogen-bond donors (Lipinski definition) is 0. The third-order valence-electron chi connectivity index (χ3n) is 4.14. The third kappa shape index (κ3) is 2.21. The van der Waals surface area contributed by atoms with Crippen molar-refractivity contribution < 1.29 is 4.79 Å². The summed E-state index contributed by atoms with van der Waals surface area (Å²) in [5.74, 6) is 0.352. The molecule has 2 aliphatic rings. The van der Waals surface area contributed by atoms with Crippen molar-refractivity contribution in [2.24, 2.45) is 0 Å². The van der Waals surface area contributed by atoms with Gasteiger partial charge >= 0.3 is 0 Å². The van der Waals surface area contributed by atoms with Gasteiger partial charge in [0.25, 0.3) is 0 Å². The first-order chi connectivity index (χ1) is 8.98. The van der Waals surface area contributed by atoms with E-state index in [1.54, 1.807) is 0 Å². The molecule has 0 aromatic carbocycles. The Labute approximate surface area is 120 Å². The van der Waals surface area contributed by atoms with Crippen LogP contribution in [-0.2, 0) is 4.79 Å². The molecule has 0 aliphatic carbocycles. The molecular formula is C15H21NOSSi. The quantitative estimate of drug-likeness (QED) is 0.751. The predicted molar refractivity (Wildman–Crippen MR) is 83.7 cm³/mol. The van der Waals surface area contributed by atoms with Crippen LogP contribution in [0.3, 0.4) is 0 Å². The van der Waals surface area contributed by atoms with Gasteiger partial charge in [-0.3, -0.25) is 4.79 Å². The van der Waals surface area contributed by atoms with Crippen molar-refractivity contribution in [1.29, 1.82) is 0 Å². The molecule has 0 radical (unpaired) electrons. The zero-order chi connectivity index (χ0) is 13.6. The van der Waals surface area contributed by atoms with Gasteiger partial charge in [0.05, 0.1) is 8.07 Å². The predicted octanol–water partition coefficient (Wildman–Crippen LogP) is 4.12. The summed E-state index contributed by atoms with van der Waals surface area (Å²) in [6, 6.07) is 4.84. The van der Waals surface area contributed by atoms with Gasteiger partial charge in [-0.15, -0.1) is 11.3 Å². The van der Waals surface area contributed by atoms with Crippen molar-refractivity contribution in [3.8, 4) is 0 Å². The van der Waals surface area contributed by atoms with E-state index in [2.05, 4.69) is 42.1 Å². The Morgan fingerprint density at radius 3 is 2.68 bits per heavy atom. The number of fused-ring (bicyclic) bond motifs is 1. The van der Waals surface area contributed by atoms with Crippen molar-refractivity contribution in [2.45, 2.75) is 51.4 Å². The highest BCUT2D eigenvalue weighted by atomic mass is 32.1. The molecule has 2 saturated heterocycles. The highest BCUT2D eigenvalue weighted by Gasteiger charge is 2.41. The van der Waals surface area contributed by atoms with Gasteiger partial charge < -0.3 is 4.90 Å². The van der Waals surface area contributed by atoms with Crippen LogP contribution in [0.2, 0.25) is 19.6 Å². The zero-order valence-corrected chi connectivity index (χ0v) is 13.7. The number of nitrogens with zero attached hydrogens (tertiary/aromatic N) is 1. The molecule has 0 N–H and O–H groups in total. The largest absolute Gasteiger partial charge is 0.313 e. The summed E-state index contributed by atoms with van der Waals surface area (Å²) in [6.45, 7) is 7.18. The molecule has 1 aromatic rings. The maximum Gasteiger partial charge on any atom is 0.227 e. The Kier molecular flexibility index (Phi) is 3.18. The van der Waals surface area contributed by atoms with Gasteiger partial charge in [-0.25, -0.2) is 0 Å². The van der Waals surface area contributed by atoms with Crippen molar-refractivity contribution in [3.05, 3.63) is 28.1 Å². The number of rotatable bonds is 2. The van der Waals surface area contributed by atoms with Crippen LogP contribution >= 0.6 is 11.3 Å². The maximum atomic E-state index is 12.2. The second kappa shape index (κ2) is 4.60. The second-order valence-electron chi connectivity index (χ2n) is 6.54. The average Bonchev–Trinajstić information content (AvgIpc) is 2.98. The number of carbonyl (C=O) groups excluding carboxylic acids is 1. The van der Waals surface area contributed by atoms with Gasteiger partial charge in [0.1, 0.15) is 0 Å². The van der Waals surface area contributed by atoms with E-state index in [1.165, 1.54) is 22.2 Å². The first-order valence-electron chi connectivity index (χ1n) is 7.08. The molecule has 2 aliphatic heterocycles.